The lowest BCUT2D eigenvalue weighted by Gasteiger charge is -2.36. The van der Waals surface area contributed by atoms with Gasteiger partial charge in [-0.05, 0) is 37.5 Å². The number of carboxylic acids is 1. The summed E-state index contributed by atoms with van der Waals surface area (Å²) in [5, 5.41) is 20.3. The van der Waals surface area contributed by atoms with Gasteiger partial charge in [0.25, 0.3) is 0 Å². The smallest absolute Gasteiger partial charge is 0.336 e. The van der Waals surface area contributed by atoms with Crippen LogP contribution in [-0.2, 0) is 72.1 Å². The zero-order valence-corrected chi connectivity index (χ0v) is 34.7. The third kappa shape index (κ3) is 13.3. The van der Waals surface area contributed by atoms with Crippen molar-refractivity contribution in [2.24, 2.45) is 17.8 Å². The molecule has 0 saturated carbocycles. The quantitative estimate of drug-likeness (QED) is 0.104. The third-order valence-electron chi connectivity index (χ3n) is 10.7. The molecular weight excluding hydrogens is 785 g/mol. The van der Waals surface area contributed by atoms with Crippen molar-refractivity contribution >= 4 is 17.9 Å². The molecule has 3 aliphatic rings. The molecule has 13 heteroatoms. The van der Waals surface area contributed by atoms with Crippen molar-refractivity contribution in [3.8, 4) is 0 Å². The van der Waals surface area contributed by atoms with E-state index in [4.69, 9.17) is 37.9 Å². The molecule has 0 unspecified atom stereocenters. The number of aliphatic hydroxyl groups excluding tert-OH is 1. The van der Waals surface area contributed by atoms with E-state index in [2.05, 4.69) is 0 Å². The van der Waals surface area contributed by atoms with Gasteiger partial charge in [0, 0.05) is 17.8 Å². The fraction of sp³-hybridized carbons (Fsp3) is 0.438. The molecule has 0 saturated heterocycles. The molecule has 3 aromatic rings. The molecule has 2 N–H and O–H groups in total. The van der Waals surface area contributed by atoms with E-state index in [0.717, 1.165) is 16.7 Å². The minimum atomic E-state index is -1.23. The standard InChI is InChI=1S/C48H56O13/c1-31(49)40-22-19-38(29-55-26-35-15-9-5-10-16-35)44(59-40)47(52)58-33(3)42-24-21-39(30-56-27-36-17-11-6-12-18-36)45(61-42)48(53)57-32(2)41-23-20-37(43(60-41)46(50)51)28-54-25-34-13-7-4-8-14-34/h4-24,31-33,37-45,49H,25-30H2,1-3H3,(H,50,51)/t31-,32-,33-,37-,38-,39-,40+,41+,42+,43-,44-,45-/m0/s1. The number of carboxylic acid groups (broad SMARTS) is 1. The maximum absolute atomic E-state index is 14.0. The van der Waals surface area contributed by atoms with Gasteiger partial charge in [0.05, 0.1) is 45.7 Å². The largest absolute Gasteiger partial charge is 0.479 e. The van der Waals surface area contributed by atoms with Gasteiger partial charge in [-0.15, -0.1) is 0 Å². The maximum atomic E-state index is 14.0. The summed E-state index contributed by atoms with van der Waals surface area (Å²) in [6.45, 7) is 6.21. The Labute approximate surface area is 356 Å². The van der Waals surface area contributed by atoms with Gasteiger partial charge in [0.2, 0.25) is 0 Å². The molecule has 0 bridgehead atoms. The molecular formula is C48H56O13. The molecule has 61 heavy (non-hydrogen) atoms. The second-order valence-electron chi connectivity index (χ2n) is 15.6. The van der Waals surface area contributed by atoms with Crippen molar-refractivity contribution < 1.29 is 62.5 Å². The van der Waals surface area contributed by atoms with E-state index in [-0.39, 0.29) is 19.8 Å². The van der Waals surface area contributed by atoms with Gasteiger partial charge in [-0.1, -0.05) is 127 Å². The summed E-state index contributed by atoms with van der Waals surface area (Å²) in [6, 6.07) is 28.8. The lowest BCUT2D eigenvalue weighted by molar-refractivity contribution is -0.191. The van der Waals surface area contributed by atoms with Crippen LogP contribution in [0.2, 0.25) is 0 Å². The first kappa shape index (κ1) is 45.5. The Kier molecular flexibility index (Phi) is 17.0. The van der Waals surface area contributed by atoms with Crippen LogP contribution in [0.1, 0.15) is 37.5 Å². The fourth-order valence-electron chi connectivity index (χ4n) is 7.24. The van der Waals surface area contributed by atoms with Crippen LogP contribution in [0.3, 0.4) is 0 Å². The highest BCUT2D eigenvalue weighted by Crippen LogP contribution is 2.29. The summed E-state index contributed by atoms with van der Waals surface area (Å²) in [6.07, 6.45) is 1.86. The zero-order chi connectivity index (χ0) is 43.1. The number of carbonyl (C=O) groups is 3. The van der Waals surface area contributed by atoms with Crippen LogP contribution >= 0.6 is 0 Å². The van der Waals surface area contributed by atoms with E-state index in [9.17, 15) is 24.6 Å². The van der Waals surface area contributed by atoms with Crippen LogP contribution in [0, 0.1) is 17.8 Å². The Morgan fingerprint density at radius 1 is 0.508 bits per heavy atom. The average molecular weight is 841 g/mol. The predicted molar refractivity (Wildman–Crippen MR) is 223 cm³/mol. The number of rotatable bonds is 20. The summed E-state index contributed by atoms with van der Waals surface area (Å²) < 4.78 is 48.0. The molecule has 0 aromatic heterocycles. The Morgan fingerprint density at radius 2 is 0.836 bits per heavy atom. The highest BCUT2D eigenvalue weighted by atomic mass is 16.6. The van der Waals surface area contributed by atoms with Crippen LogP contribution < -0.4 is 0 Å². The molecule has 3 aliphatic heterocycles. The minimum Gasteiger partial charge on any atom is -0.479 e. The monoisotopic (exact) mass is 840 g/mol. The Bertz CT molecular complexity index is 1920. The number of ether oxygens (including phenoxy) is 8. The Morgan fingerprint density at radius 3 is 1.20 bits per heavy atom. The van der Waals surface area contributed by atoms with Gasteiger partial charge in [0.1, 0.15) is 30.5 Å². The number of aliphatic hydroxyl groups is 1. The second kappa shape index (κ2) is 22.7. The Hall–Kier alpha value is -4.99. The number of hydrogen-bond donors (Lipinski definition) is 2. The number of hydrogen-bond acceptors (Lipinski definition) is 12. The number of benzene rings is 3. The predicted octanol–water partition coefficient (Wildman–Crippen LogP) is 5.79. The molecule has 326 valence electrons. The van der Waals surface area contributed by atoms with Crippen molar-refractivity contribution in [1.82, 2.24) is 0 Å². The van der Waals surface area contributed by atoms with Crippen molar-refractivity contribution in [2.75, 3.05) is 19.8 Å². The van der Waals surface area contributed by atoms with Gasteiger partial charge in [-0.25, -0.2) is 14.4 Å². The van der Waals surface area contributed by atoms with Crippen LogP contribution in [-0.4, -0.2) is 103 Å². The van der Waals surface area contributed by atoms with Gasteiger partial charge < -0.3 is 48.1 Å². The molecule has 0 amide bonds. The van der Waals surface area contributed by atoms with E-state index < -0.39 is 90.6 Å². The molecule has 3 heterocycles. The first-order valence-electron chi connectivity index (χ1n) is 20.7. The van der Waals surface area contributed by atoms with Crippen molar-refractivity contribution in [1.29, 1.82) is 0 Å². The number of aliphatic carboxylic acids is 1. The first-order valence-corrected chi connectivity index (χ1v) is 20.7. The summed E-state index contributed by atoms with van der Waals surface area (Å²) in [7, 11) is 0. The molecule has 3 aromatic carbocycles. The number of esters is 2. The normalized spacial score (nSPS) is 27.4. The molecule has 13 nitrogen and oxygen atoms in total. The number of carbonyl (C=O) groups excluding carboxylic acids is 2. The van der Waals surface area contributed by atoms with Crippen LogP contribution in [0.15, 0.2) is 127 Å². The van der Waals surface area contributed by atoms with Crippen molar-refractivity contribution in [2.45, 2.75) is 95.5 Å². The highest BCUT2D eigenvalue weighted by Gasteiger charge is 2.42. The van der Waals surface area contributed by atoms with Crippen LogP contribution in [0.4, 0.5) is 0 Å². The van der Waals surface area contributed by atoms with Crippen LogP contribution in [0.25, 0.3) is 0 Å². The molecule has 0 spiro atoms. The van der Waals surface area contributed by atoms with E-state index in [0.29, 0.717) is 19.8 Å². The Balaban J connectivity index is 1.10. The summed E-state index contributed by atoms with van der Waals surface area (Å²) in [5.74, 6) is -4.19. The van der Waals surface area contributed by atoms with Crippen molar-refractivity contribution in [3.63, 3.8) is 0 Å². The second-order valence-corrected chi connectivity index (χ2v) is 15.6. The molecule has 12 atom stereocenters. The van der Waals surface area contributed by atoms with Gasteiger partial charge >= 0.3 is 17.9 Å². The lowest BCUT2D eigenvalue weighted by atomic mass is 9.96. The lowest BCUT2D eigenvalue weighted by Crippen LogP contribution is -2.49. The zero-order valence-electron chi connectivity index (χ0n) is 34.7. The average Bonchev–Trinajstić information content (AvgIpc) is 3.27. The van der Waals surface area contributed by atoms with E-state index in [1.165, 1.54) is 0 Å². The topological polar surface area (TPSA) is 166 Å². The maximum Gasteiger partial charge on any atom is 0.336 e. The third-order valence-corrected chi connectivity index (χ3v) is 10.7. The summed E-state index contributed by atoms with van der Waals surface area (Å²) in [4.78, 5) is 40.1. The molecule has 0 aliphatic carbocycles. The van der Waals surface area contributed by atoms with Gasteiger partial charge in [0.15, 0.2) is 18.3 Å². The molecule has 0 radical (unpaired) electrons. The minimum absolute atomic E-state index is 0.111. The van der Waals surface area contributed by atoms with E-state index >= 15 is 0 Å². The van der Waals surface area contributed by atoms with E-state index in [1.54, 1.807) is 57.2 Å². The highest BCUT2D eigenvalue weighted by molar-refractivity contribution is 5.77. The van der Waals surface area contributed by atoms with Crippen molar-refractivity contribution in [3.05, 3.63) is 144 Å². The fourth-order valence-corrected chi connectivity index (χ4v) is 7.24. The van der Waals surface area contributed by atoms with E-state index in [1.807, 2.05) is 91.0 Å². The van der Waals surface area contributed by atoms with Crippen LogP contribution in [0.5, 0.6) is 0 Å². The summed E-state index contributed by atoms with van der Waals surface area (Å²) in [5.41, 5.74) is 2.89. The van der Waals surface area contributed by atoms with Gasteiger partial charge in [-0.3, -0.25) is 0 Å². The SMILES string of the molecule is C[C@H](O)[C@H]1C=C[C@@H](COCc2ccccc2)[C@@H](C(=O)O[C@@H](C)[C@H]2C=C[C@@H](COCc3ccccc3)[C@@H](C(=O)O[C@@H](C)[C@H]3C=C[C@@H](COCc4ccccc4)[C@@H](C(=O)O)O3)O2)O1. The van der Waals surface area contributed by atoms with Gasteiger partial charge in [-0.2, -0.15) is 0 Å². The summed E-state index contributed by atoms with van der Waals surface area (Å²) >= 11 is 0. The molecule has 0 fully saturated rings. The molecule has 6 rings (SSSR count). The first-order chi connectivity index (χ1) is 29.5.